The molecule has 0 saturated carbocycles. The van der Waals surface area contributed by atoms with Crippen molar-refractivity contribution >= 4 is 23.2 Å². The number of halogens is 4. The highest BCUT2D eigenvalue weighted by atomic mass is 35.5. The number of alkyl halides is 2. The average Bonchev–Trinajstić information content (AvgIpc) is 2.28. The molecule has 0 unspecified atom stereocenters. The van der Waals surface area contributed by atoms with Crippen molar-refractivity contribution in [1.29, 1.82) is 0 Å². The first-order valence-corrected chi connectivity index (χ1v) is 5.78. The van der Waals surface area contributed by atoms with Gasteiger partial charge in [0.2, 0.25) is 0 Å². The van der Waals surface area contributed by atoms with E-state index in [-0.39, 0.29) is 0 Å². The Morgan fingerprint density at radius 1 is 0.765 bits per heavy atom. The first kappa shape index (κ1) is 12.3. The maximum absolute atomic E-state index is 13.0. The lowest BCUT2D eigenvalue weighted by molar-refractivity contribution is 0.584. The predicted octanol–water partition coefficient (Wildman–Crippen LogP) is 5.11. The van der Waals surface area contributed by atoms with Crippen molar-refractivity contribution in [3.63, 3.8) is 0 Å². The fourth-order valence-electron chi connectivity index (χ4n) is 1.54. The van der Waals surface area contributed by atoms with Crippen molar-refractivity contribution in [1.82, 2.24) is 0 Å². The van der Waals surface area contributed by atoms with Crippen molar-refractivity contribution in [2.75, 3.05) is 0 Å². The van der Waals surface area contributed by atoms with Crippen LogP contribution in [0.5, 0.6) is 0 Å². The minimum absolute atomic E-state index is 0.481. The Kier molecular flexibility index (Phi) is 3.65. The molecular weight excluding hydrogens is 265 g/mol. The van der Waals surface area contributed by atoms with Gasteiger partial charge in [-0.25, -0.2) is 8.78 Å². The SMILES string of the molecule is Fc1cc(F)cc(-c2ccc(C(Cl)Cl)cc2)c1. The quantitative estimate of drug-likeness (QED) is 0.667. The third-order valence-corrected chi connectivity index (χ3v) is 2.86. The molecule has 0 nitrogen and oxygen atoms in total. The van der Waals surface area contributed by atoms with Crippen LogP contribution in [-0.2, 0) is 0 Å². The number of hydrogen-bond donors (Lipinski definition) is 0. The van der Waals surface area contributed by atoms with E-state index in [1.807, 2.05) is 0 Å². The molecule has 0 aliphatic heterocycles. The van der Waals surface area contributed by atoms with Crippen LogP contribution in [-0.4, -0.2) is 0 Å². The van der Waals surface area contributed by atoms with E-state index in [1.54, 1.807) is 24.3 Å². The Bertz CT molecular complexity index is 501. The molecule has 0 aromatic heterocycles. The van der Waals surface area contributed by atoms with E-state index < -0.39 is 16.5 Å². The average molecular weight is 273 g/mol. The van der Waals surface area contributed by atoms with Gasteiger partial charge in [0.15, 0.2) is 0 Å². The van der Waals surface area contributed by atoms with Crippen molar-refractivity contribution in [3.8, 4) is 11.1 Å². The molecule has 2 rings (SSSR count). The second-order valence-electron chi connectivity index (χ2n) is 3.58. The van der Waals surface area contributed by atoms with E-state index in [0.29, 0.717) is 11.1 Å². The van der Waals surface area contributed by atoms with Crippen LogP contribution in [0.25, 0.3) is 11.1 Å². The summed E-state index contributed by atoms with van der Waals surface area (Å²) in [6, 6.07) is 10.3. The molecule has 0 heterocycles. The maximum Gasteiger partial charge on any atom is 0.132 e. The molecule has 0 N–H and O–H groups in total. The van der Waals surface area contributed by atoms with Gasteiger partial charge in [0.05, 0.1) is 0 Å². The Labute approximate surface area is 108 Å². The van der Waals surface area contributed by atoms with Gasteiger partial charge in [0.1, 0.15) is 16.5 Å². The summed E-state index contributed by atoms with van der Waals surface area (Å²) < 4.78 is 26.1. The number of benzene rings is 2. The molecular formula is C13H8Cl2F2. The second kappa shape index (κ2) is 5.03. The van der Waals surface area contributed by atoms with Crippen LogP contribution < -0.4 is 0 Å². The summed E-state index contributed by atoms with van der Waals surface area (Å²) in [6.07, 6.45) is 0. The minimum Gasteiger partial charge on any atom is -0.207 e. The third kappa shape index (κ3) is 2.96. The predicted molar refractivity (Wildman–Crippen MR) is 66.2 cm³/mol. The van der Waals surface area contributed by atoms with Gasteiger partial charge in [-0.05, 0) is 28.8 Å². The molecule has 4 heteroatoms. The fourth-order valence-corrected chi connectivity index (χ4v) is 1.83. The van der Waals surface area contributed by atoms with E-state index in [9.17, 15) is 8.78 Å². The van der Waals surface area contributed by atoms with E-state index >= 15 is 0 Å². The molecule has 0 spiro atoms. The van der Waals surface area contributed by atoms with Crippen LogP contribution in [0.15, 0.2) is 42.5 Å². The Balaban J connectivity index is 2.39. The molecule has 88 valence electrons. The lowest BCUT2D eigenvalue weighted by atomic mass is 10.0. The molecule has 2 aromatic carbocycles. The van der Waals surface area contributed by atoms with Crippen LogP contribution in [0.1, 0.15) is 10.4 Å². The van der Waals surface area contributed by atoms with E-state index in [0.717, 1.165) is 11.6 Å². The Hall–Kier alpha value is -1.12. The van der Waals surface area contributed by atoms with E-state index in [4.69, 9.17) is 23.2 Å². The fraction of sp³-hybridized carbons (Fsp3) is 0.0769. The first-order valence-electron chi connectivity index (χ1n) is 4.91. The van der Waals surface area contributed by atoms with Crippen molar-refractivity contribution in [2.45, 2.75) is 4.84 Å². The van der Waals surface area contributed by atoms with Gasteiger partial charge < -0.3 is 0 Å². The van der Waals surface area contributed by atoms with Gasteiger partial charge in [0, 0.05) is 6.07 Å². The molecule has 0 aliphatic carbocycles. The highest BCUT2D eigenvalue weighted by molar-refractivity contribution is 6.44. The second-order valence-corrected chi connectivity index (χ2v) is 4.68. The summed E-state index contributed by atoms with van der Waals surface area (Å²) in [5, 5.41) is 0. The molecule has 0 saturated heterocycles. The molecule has 0 amide bonds. The van der Waals surface area contributed by atoms with Crippen molar-refractivity contribution in [2.24, 2.45) is 0 Å². The largest absolute Gasteiger partial charge is 0.207 e. The number of rotatable bonds is 2. The van der Waals surface area contributed by atoms with Crippen LogP contribution in [0.3, 0.4) is 0 Å². The van der Waals surface area contributed by atoms with Gasteiger partial charge >= 0.3 is 0 Å². The van der Waals surface area contributed by atoms with E-state index in [1.165, 1.54) is 12.1 Å². The zero-order valence-electron chi connectivity index (χ0n) is 8.63. The van der Waals surface area contributed by atoms with Gasteiger partial charge in [-0.2, -0.15) is 0 Å². The van der Waals surface area contributed by atoms with Crippen LogP contribution >= 0.6 is 23.2 Å². The highest BCUT2D eigenvalue weighted by Gasteiger charge is 2.06. The summed E-state index contributed by atoms with van der Waals surface area (Å²) in [7, 11) is 0. The summed E-state index contributed by atoms with van der Waals surface area (Å²) in [5.41, 5.74) is 1.94. The van der Waals surface area contributed by atoms with Crippen molar-refractivity contribution in [3.05, 3.63) is 59.7 Å². The van der Waals surface area contributed by atoms with Crippen LogP contribution in [0.2, 0.25) is 0 Å². The normalized spacial score (nSPS) is 10.9. The topological polar surface area (TPSA) is 0 Å². The van der Waals surface area contributed by atoms with Crippen LogP contribution in [0.4, 0.5) is 8.78 Å². The summed E-state index contributed by atoms with van der Waals surface area (Å²) in [5.74, 6) is -1.20. The van der Waals surface area contributed by atoms with Gasteiger partial charge in [-0.3, -0.25) is 0 Å². The monoisotopic (exact) mass is 272 g/mol. The number of hydrogen-bond acceptors (Lipinski definition) is 0. The molecule has 0 fully saturated rings. The zero-order valence-corrected chi connectivity index (χ0v) is 10.1. The standard InChI is InChI=1S/C13H8Cl2F2/c14-13(15)9-3-1-8(2-4-9)10-5-11(16)7-12(17)6-10/h1-7,13H. The van der Waals surface area contributed by atoms with Gasteiger partial charge in [-0.15, -0.1) is 23.2 Å². The highest BCUT2D eigenvalue weighted by Crippen LogP contribution is 2.28. The van der Waals surface area contributed by atoms with Crippen molar-refractivity contribution < 1.29 is 8.78 Å². The molecule has 0 atom stereocenters. The zero-order chi connectivity index (χ0) is 12.4. The first-order chi connectivity index (χ1) is 8.06. The third-order valence-electron chi connectivity index (χ3n) is 2.36. The minimum atomic E-state index is -0.603. The van der Waals surface area contributed by atoms with E-state index in [2.05, 4.69) is 0 Å². The van der Waals surface area contributed by atoms with Gasteiger partial charge in [-0.1, -0.05) is 24.3 Å². The Morgan fingerprint density at radius 3 is 1.76 bits per heavy atom. The molecule has 0 bridgehead atoms. The lowest BCUT2D eigenvalue weighted by Crippen LogP contribution is -1.86. The Morgan fingerprint density at radius 2 is 1.29 bits per heavy atom. The molecule has 0 aliphatic rings. The molecule has 2 aromatic rings. The van der Waals surface area contributed by atoms with Crippen LogP contribution in [0, 0.1) is 11.6 Å². The summed E-state index contributed by atoms with van der Waals surface area (Å²) in [4.78, 5) is -0.603. The smallest absolute Gasteiger partial charge is 0.132 e. The molecule has 17 heavy (non-hydrogen) atoms. The summed E-state index contributed by atoms with van der Waals surface area (Å²) >= 11 is 11.4. The summed E-state index contributed by atoms with van der Waals surface area (Å²) in [6.45, 7) is 0. The maximum atomic E-state index is 13.0. The molecule has 0 radical (unpaired) electrons. The van der Waals surface area contributed by atoms with Gasteiger partial charge in [0.25, 0.3) is 0 Å². The lowest BCUT2D eigenvalue weighted by Gasteiger charge is -2.05.